The summed E-state index contributed by atoms with van der Waals surface area (Å²) < 4.78 is 7.18. The molecule has 0 bridgehead atoms. The quantitative estimate of drug-likeness (QED) is 0.835. The van der Waals surface area contributed by atoms with Crippen LogP contribution in [0.2, 0.25) is 0 Å². The molecule has 0 aliphatic heterocycles. The summed E-state index contributed by atoms with van der Waals surface area (Å²) in [5.74, 6) is 0.459. The molecule has 0 aliphatic carbocycles. The van der Waals surface area contributed by atoms with Gasteiger partial charge in [-0.25, -0.2) is 4.98 Å². The Morgan fingerprint density at radius 1 is 1.24 bits per heavy atom. The lowest BCUT2D eigenvalue weighted by atomic mass is 10.1. The normalized spacial score (nSPS) is 11.8. The number of hydrogen-bond acceptors (Lipinski definition) is 4. The molecule has 0 fully saturated rings. The number of ether oxygens (including phenoxy) is 1. The largest absolute Gasteiger partial charge is 0.481 e. The van der Waals surface area contributed by atoms with Crippen molar-refractivity contribution in [3.8, 4) is 5.75 Å². The minimum Gasteiger partial charge on any atom is -0.481 e. The van der Waals surface area contributed by atoms with Gasteiger partial charge in [0.1, 0.15) is 5.75 Å². The SMILES string of the molecule is CCc1cc(=O)n(CCNC(=O)C(C)Oc2cc(C)cc(C)c2)cn1. The molecule has 1 heterocycles. The lowest BCUT2D eigenvalue weighted by Gasteiger charge is -2.16. The first-order valence-corrected chi connectivity index (χ1v) is 8.47. The standard InChI is InChI=1S/C19H25N3O3/c1-5-16-11-18(23)22(12-21-16)7-6-20-19(24)15(4)25-17-9-13(2)8-14(3)10-17/h8-12,15H,5-7H2,1-4H3,(H,20,24). The van der Waals surface area contributed by atoms with Crippen LogP contribution < -0.4 is 15.6 Å². The molecule has 1 N–H and O–H groups in total. The van der Waals surface area contributed by atoms with E-state index in [0.717, 1.165) is 23.2 Å². The number of hydrogen-bond donors (Lipinski definition) is 1. The molecule has 2 aromatic rings. The smallest absolute Gasteiger partial charge is 0.260 e. The van der Waals surface area contributed by atoms with Gasteiger partial charge in [0.05, 0.1) is 6.33 Å². The molecule has 1 amide bonds. The van der Waals surface area contributed by atoms with Gasteiger partial charge in [-0.05, 0) is 50.5 Å². The van der Waals surface area contributed by atoms with E-state index in [9.17, 15) is 9.59 Å². The van der Waals surface area contributed by atoms with E-state index in [2.05, 4.69) is 10.3 Å². The van der Waals surface area contributed by atoms with Crippen LogP contribution in [-0.2, 0) is 17.8 Å². The number of rotatable bonds is 7. The van der Waals surface area contributed by atoms with E-state index >= 15 is 0 Å². The lowest BCUT2D eigenvalue weighted by Crippen LogP contribution is -2.38. The van der Waals surface area contributed by atoms with Gasteiger partial charge in [-0.2, -0.15) is 0 Å². The van der Waals surface area contributed by atoms with Gasteiger partial charge in [0.2, 0.25) is 0 Å². The highest BCUT2D eigenvalue weighted by Crippen LogP contribution is 2.17. The Morgan fingerprint density at radius 3 is 2.52 bits per heavy atom. The summed E-state index contributed by atoms with van der Waals surface area (Å²) in [6, 6.07) is 7.37. The van der Waals surface area contributed by atoms with E-state index < -0.39 is 6.10 Å². The Kier molecular flexibility index (Phi) is 6.33. The van der Waals surface area contributed by atoms with Gasteiger partial charge in [-0.1, -0.05) is 13.0 Å². The van der Waals surface area contributed by atoms with Gasteiger partial charge in [0.25, 0.3) is 11.5 Å². The molecule has 0 saturated heterocycles. The first kappa shape index (κ1) is 18.7. The molecule has 2 rings (SSSR count). The molecule has 1 atom stereocenters. The van der Waals surface area contributed by atoms with Crippen molar-refractivity contribution in [3.05, 3.63) is 57.8 Å². The number of aromatic nitrogens is 2. The third-order valence-electron chi connectivity index (χ3n) is 3.83. The molecule has 1 aromatic carbocycles. The lowest BCUT2D eigenvalue weighted by molar-refractivity contribution is -0.127. The van der Waals surface area contributed by atoms with Crippen LogP contribution in [0.4, 0.5) is 0 Å². The molecular formula is C19H25N3O3. The van der Waals surface area contributed by atoms with Gasteiger partial charge in [0, 0.05) is 24.8 Å². The number of aryl methyl sites for hydroxylation is 3. The van der Waals surface area contributed by atoms with Crippen molar-refractivity contribution >= 4 is 5.91 Å². The fourth-order valence-electron chi connectivity index (χ4n) is 2.53. The average Bonchev–Trinajstić information content (AvgIpc) is 2.55. The summed E-state index contributed by atoms with van der Waals surface area (Å²) in [6.07, 6.45) is 1.63. The first-order valence-electron chi connectivity index (χ1n) is 8.47. The Balaban J connectivity index is 1.86. The number of nitrogens with zero attached hydrogens (tertiary/aromatic N) is 2. The van der Waals surface area contributed by atoms with Crippen LogP contribution in [0.1, 0.15) is 30.7 Å². The van der Waals surface area contributed by atoms with Crippen LogP contribution in [0.15, 0.2) is 35.4 Å². The van der Waals surface area contributed by atoms with Gasteiger partial charge in [-0.3, -0.25) is 14.2 Å². The van der Waals surface area contributed by atoms with Crippen molar-refractivity contribution < 1.29 is 9.53 Å². The van der Waals surface area contributed by atoms with Gasteiger partial charge in [-0.15, -0.1) is 0 Å². The molecule has 0 saturated carbocycles. The second-order valence-corrected chi connectivity index (χ2v) is 6.14. The highest BCUT2D eigenvalue weighted by Gasteiger charge is 2.14. The van der Waals surface area contributed by atoms with Crippen LogP contribution in [-0.4, -0.2) is 28.1 Å². The molecule has 1 unspecified atom stereocenters. The Bertz CT molecular complexity index is 778. The number of carbonyl (C=O) groups excluding carboxylic acids is 1. The fraction of sp³-hybridized carbons (Fsp3) is 0.421. The second-order valence-electron chi connectivity index (χ2n) is 6.14. The minimum atomic E-state index is -0.612. The Labute approximate surface area is 147 Å². The minimum absolute atomic E-state index is 0.111. The van der Waals surface area contributed by atoms with E-state index in [4.69, 9.17) is 4.74 Å². The molecule has 6 nitrogen and oxygen atoms in total. The van der Waals surface area contributed by atoms with Gasteiger partial charge >= 0.3 is 0 Å². The van der Waals surface area contributed by atoms with Gasteiger partial charge in [0.15, 0.2) is 6.10 Å². The van der Waals surface area contributed by atoms with Crippen LogP contribution in [0.3, 0.4) is 0 Å². The van der Waals surface area contributed by atoms with Crippen molar-refractivity contribution in [2.24, 2.45) is 0 Å². The molecular weight excluding hydrogens is 318 g/mol. The summed E-state index contributed by atoms with van der Waals surface area (Å²) in [5.41, 5.74) is 2.83. The maximum Gasteiger partial charge on any atom is 0.260 e. The highest BCUT2D eigenvalue weighted by atomic mass is 16.5. The predicted molar refractivity (Wildman–Crippen MR) is 96.9 cm³/mol. The van der Waals surface area contributed by atoms with E-state index in [1.807, 2.05) is 39.0 Å². The van der Waals surface area contributed by atoms with Crippen LogP contribution in [0, 0.1) is 13.8 Å². The summed E-state index contributed by atoms with van der Waals surface area (Å²) in [6.45, 7) is 8.34. The van der Waals surface area contributed by atoms with E-state index in [-0.39, 0.29) is 11.5 Å². The van der Waals surface area contributed by atoms with Crippen molar-refractivity contribution in [2.45, 2.75) is 46.8 Å². The highest BCUT2D eigenvalue weighted by molar-refractivity contribution is 5.80. The second kappa shape index (κ2) is 8.46. The van der Waals surface area contributed by atoms with Crippen molar-refractivity contribution in [1.29, 1.82) is 0 Å². The zero-order valence-electron chi connectivity index (χ0n) is 15.2. The summed E-state index contributed by atoms with van der Waals surface area (Å²) in [7, 11) is 0. The number of benzene rings is 1. The van der Waals surface area contributed by atoms with Crippen molar-refractivity contribution in [1.82, 2.24) is 14.9 Å². The molecule has 6 heteroatoms. The zero-order valence-corrected chi connectivity index (χ0v) is 15.2. The maximum absolute atomic E-state index is 12.2. The molecule has 0 spiro atoms. The van der Waals surface area contributed by atoms with Crippen molar-refractivity contribution in [2.75, 3.05) is 6.54 Å². The zero-order chi connectivity index (χ0) is 18.4. The van der Waals surface area contributed by atoms with E-state index in [1.165, 1.54) is 17.0 Å². The van der Waals surface area contributed by atoms with Gasteiger partial charge < -0.3 is 10.1 Å². The number of amides is 1. The van der Waals surface area contributed by atoms with E-state index in [1.54, 1.807) is 6.92 Å². The fourth-order valence-corrected chi connectivity index (χ4v) is 2.53. The van der Waals surface area contributed by atoms with Crippen LogP contribution in [0.5, 0.6) is 5.75 Å². The summed E-state index contributed by atoms with van der Waals surface area (Å²) in [4.78, 5) is 28.2. The third kappa shape index (κ3) is 5.45. The average molecular weight is 343 g/mol. The van der Waals surface area contributed by atoms with E-state index in [0.29, 0.717) is 18.8 Å². The molecule has 0 aliphatic rings. The maximum atomic E-state index is 12.2. The van der Waals surface area contributed by atoms with Crippen LogP contribution >= 0.6 is 0 Å². The molecule has 134 valence electrons. The number of carbonyl (C=O) groups is 1. The summed E-state index contributed by atoms with van der Waals surface area (Å²) >= 11 is 0. The predicted octanol–water partition coefficient (Wildman–Crippen LogP) is 2.01. The number of nitrogens with one attached hydrogen (secondary N) is 1. The van der Waals surface area contributed by atoms with Crippen molar-refractivity contribution in [3.63, 3.8) is 0 Å². The first-order chi connectivity index (χ1) is 11.9. The van der Waals surface area contributed by atoms with Crippen LogP contribution in [0.25, 0.3) is 0 Å². The third-order valence-corrected chi connectivity index (χ3v) is 3.83. The Morgan fingerprint density at radius 2 is 1.92 bits per heavy atom. The molecule has 0 radical (unpaired) electrons. The Hall–Kier alpha value is -2.63. The monoisotopic (exact) mass is 343 g/mol. The molecule has 1 aromatic heterocycles. The molecule has 25 heavy (non-hydrogen) atoms. The summed E-state index contributed by atoms with van der Waals surface area (Å²) in [5, 5.41) is 2.78. The topological polar surface area (TPSA) is 73.2 Å².